The lowest BCUT2D eigenvalue weighted by atomic mass is 10.0. The summed E-state index contributed by atoms with van der Waals surface area (Å²) in [4.78, 5) is 36.5. The molecule has 2 aliphatic rings. The molecule has 2 fully saturated rings. The van der Waals surface area contributed by atoms with E-state index in [0.717, 1.165) is 36.6 Å². The van der Waals surface area contributed by atoms with Gasteiger partial charge in [-0.3, -0.25) is 14.5 Å². The largest absolute Gasteiger partial charge is 0.416 e. The lowest BCUT2D eigenvalue weighted by Crippen LogP contribution is -2.64. The third-order valence-electron chi connectivity index (χ3n) is 6.72. The average molecular weight is 515 g/mol. The highest BCUT2D eigenvalue weighted by atomic mass is 32.1. The van der Waals surface area contributed by atoms with E-state index in [2.05, 4.69) is 9.88 Å². The number of hydrogen-bond acceptors (Lipinski definition) is 5. The van der Waals surface area contributed by atoms with Crippen LogP contribution < -0.4 is 0 Å². The van der Waals surface area contributed by atoms with Crippen molar-refractivity contribution in [2.75, 3.05) is 39.3 Å². The Kier molecular flexibility index (Phi) is 6.57. The number of aromatic nitrogens is 1. The van der Waals surface area contributed by atoms with Crippen molar-refractivity contribution in [3.05, 3.63) is 76.3 Å². The van der Waals surface area contributed by atoms with Gasteiger partial charge in [0.05, 0.1) is 11.3 Å². The van der Waals surface area contributed by atoms with E-state index in [1.807, 2.05) is 35.2 Å². The number of nitrogens with zero attached hydrogens (tertiary/aromatic N) is 4. The second-order valence-corrected chi connectivity index (χ2v) is 10.1. The Hall–Kier alpha value is -3.24. The topological polar surface area (TPSA) is 56.8 Å². The number of benzene rings is 2. The third kappa shape index (κ3) is 4.87. The second kappa shape index (κ2) is 9.67. The summed E-state index contributed by atoms with van der Waals surface area (Å²) in [6.45, 7) is 5.68. The highest BCUT2D eigenvalue weighted by molar-refractivity contribution is 7.17. The smallest absolute Gasteiger partial charge is 0.336 e. The third-order valence-corrected chi connectivity index (χ3v) is 7.91. The van der Waals surface area contributed by atoms with E-state index in [4.69, 9.17) is 0 Å². The molecule has 0 aliphatic carbocycles. The van der Waals surface area contributed by atoms with Gasteiger partial charge in [-0.2, -0.15) is 13.2 Å². The van der Waals surface area contributed by atoms with Gasteiger partial charge in [0.2, 0.25) is 0 Å². The fraction of sp³-hybridized carbons (Fsp3) is 0.346. The number of piperazine rings is 1. The summed E-state index contributed by atoms with van der Waals surface area (Å²) in [6.07, 6.45) is -4.44. The van der Waals surface area contributed by atoms with Crippen molar-refractivity contribution in [3.63, 3.8) is 0 Å². The van der Waals surface area contributed by atoms with E-state index in [0.29, 0.717) is 52.9 Å². The summed E-state index contributed by atoms with van der Waals surface area (Å²) in [7, 11) is 0. The number of amides is 2. The van der Waals surface area contributed by atoms with E-state index in [-0.39, 0.29) is 17.9 Å². The van der Waals surface area contributed by atoms with Gasteiger partial charge in [-0.15, -0.1) is 11.3 Å². The molecule has 2 amide bonds. The molecule has 0 atom stereocenters. The number of carbonyl (C=O) groups is 2. The van der Waals surface area contributed by atoms with E-state index < -0.39 is 11.7 Å². The van der Waals surface area contributed by atoms with Crippen LogP contribution in [-0.2, 0) is 6.18 Å². The molecule has 0 unspecified atom stereocenters. The normalized spacial score (nSPS) is 17.2. The lowest BCUT2D eigenvalue weighted by Gasteiger charge is -2.48. The summed E-state index contributed by atoms with van der Waals surface area (Å²) in [5, 5.41) is 0.401. The van der Waals surface area contributed by atoms with Gasteiger partial charge in [0.15, 0.2) is 0 Å². The van der Waals surface area contributed by atoms with E-state index in [1.165, 1.54) is 6.07 Å². The summed E-state index contributed by atoms with van der Waals surface area (Å²) >= 11 is 1.13. The highest BCUT2D eigenvalue weighted by Crippen LogP contribution is 2.35. The SMILES string of the molecule is Cc1nc(-c2cccc(C(F)(F)F)c2)sc1C(=O)N1CC(N2CCN(C(=O)c3ccccc3)CC2)C1. The van der Waals surface area contributed by atoms with Crippen molar-refractivity contribution in [3.8, 4) is 10.6 Å². The summed E-state index contributed by atoms with van der Waals surface area (Å²) in [5.74, 6) is -0.102. The number of alkyl halides is 3. The number of halogens is 3. The highest BCUT2D eigenvalue weighted by Gasteiger charge is 2.38. The minimum Gasteiger partial charge on any atom is -0.336 e. The molecule has 36 heavy (non-hydrogen) atoms. The zero-order valence-electron chi connectivity index (χ0n) is 19.7. The van der Waals surface area contributed by atoms with Gasteiger partial charge in [-0.25, -0.2) is 4.98 Å². The van der Waals surface area contributed by atoms with Crippen LogP contribution in [0.25, 0.3) is 10.6 Å². The molecule has 3 aromatic rings. The number of rotatable bonds is 4. The van der Waals surface area contributed by atoms with Crippen LogP contribution >= 0.6 is 11.3 Å². The number of carbonyl (C=O) groups excluding carboxylic acids is 2. The number of likely N-dealkylation sites (tertiary alicyclic amines) is 1. The second-order valence-electron chi connectivity index (χ2n) is 9.07. The summed E-state index contributed by atoms with van der Waals surface area (Å²) in [5.41, 5.74) is 0.822. The zero-order chi connectivity index (χ0) is 25.4. The van der Waals surface area contributed by atoms with Crippen LogP contribution in [0.15, 0.2) is 54.6 Å². The molecule has 188 valence electrons. The first kappa shape index (κ1) is 24.5. The Morgan fingerprint density at radius 1 is 0.917 bits per heavy atom. The monoisotopic (exact) mass is 514 g/mol. The molecule has 0 radical (unpaired) electrons. The van der Waals surface area contributed by atoms with Crippen molar-refractivity contribution in [2.24, 2.45) is 0 Å². The van der Waals surface area contributed by atoms with Crippen LogP contribution in [0, 0.1) is 6.92 Å². The van der Waals surface area contributed by atoms with Crippen LogP contribution in [0.2, 0.25) is 0 Å². The van der Waals surface area contributed by atoms with Crippen LogP contribution in [0.1, 0.15) is 31.3 Å². The predicted octanol–water partition coefficient (Wildman–Crippen LogP) is 4.42. The predicted molar refractivity (Wildman–Crippen MR) is 131 cm³/mol. The number of hydrogen-bond donors (Lipinski definition) is 0. The van der Waals surface area contributed by atoms with Gasteiger partial charge in [0.1, 0.15) is 9.88 Å². The van der Waals surface area contributed by atoms with Crippen molar-refractivity contribution in [1.82, 2.24) is 19.7 Å². The zero-order valence-corrected chi connectivity index (χ0v) is 20.5. The Morgan fingerprint density at radius 3 is 2.28 bits per heavy atom. The van der Waals surface area contributed by atoms with Gasteiger partial charge in [0.25, 0.3) is 11.8 Å². The molecule has 0 N–H and O–H groups in total. The molecule has 0 bridgehead atoms. The van der Waals surface area contributed by atoms with Crippen LogP contribution in [0.4, 0.5) is 13.2 Å². The molecule has 10 heteroatoms. The maximum Gasteiger partial charge on any atom is 0.416 e. The van der Waals surface area contributed by atoms with E-state index >= 15 is 0 Å². The Labute approximate surface area is 211 Å². The minimum absolute atomic E-state index is 0.0397. The standard InChI is InChI=1S/C26H25F3N4O2S/c1-17-22(36-23(30-17)19-8-5-9-20(14-19)26(27,28)29)25(35)33-15-21(16-33)31-10-12-32(13-11-31)24(34)18-6-3-2-4-7-18/h2-9,14,21H,10-13,15-16H2,1H3. The number of thiazole rings is 1. The summed E-state index contributed by atoms with van der Waals surface area (Å²) in [6, 6.07) is 14.5. The molecule has 2 aliphatic heterocycles. The molecule has 2 saturated heterocycles. The number of aryl methyl sites for hydroxylation is 1. The van der Waals surface area contributed by atoms with E-state index in [9.17, 15) is 22.8 Å². The van der Waals surface area contributed by atoms with E-state index in [1.54, 1.807) is 17.9 Å². The van der Waals surface area contributed by atoms with Crippen molar-refractivity contribution < 1.29 is 22.8 Å². The van der Waals surface area contributed by atoms with Gasteiger partial charge in [0, 0.05) is 56.4 Å². The minimum atomic E-state index is -4.44. The lowest BCUT2D eigenvalue weighted by molar-refractivity contribution is -0.137. The Bertz CT molecular complexity index is 1260. The first-order valence-electron chi connectivity index (χ1n) is 11.7. The molecule has 5 rings (SSSR count). The van der Waals surface area contributed by atoms with Crippen molar-refractivity contribution >= 4 is 23.2 Å². The quantitative estimate of drug-likeness (QED) is 0.517. The van der Waals surface area contributed by atoms with Crippen LogP contribution in [-0.4, -0.2) is 76.8 Å². The maximum absolute atomic E-state index is 13.1. The Morgan fingerprint density at radius 2 is 1.61 bits per heavy atom. The van der Waals surface area contributed by atoms with Crippen LogP contribution in [0.3, 0.4) is 0 Å². The molecule has 0 saturated carbocycles. The maximum atomic E-state index is 13.1. The molecule has 0 spiro atoms. The van der Waals surface area contributed by atoms with Gasteiger partial charge >= 0.3 is 6.18 Å². The first-order chi connectivity index (χ1) is 17.2. The fourth-order valence-corrected chi connectivity index (χ4v) is 5.63. The molecule has 3 heterocycles. The average Bonchev–Trinajstić information content (AvgIpc) is 3.25. The van der Waals surface area contributed by atoms with Gasteiger partial charge in [-0.05, 0) is 31.2 Å². The van der Waals surface area contributed by atoms with Crippen LogP contribution in [0.5, 0.6) is 0 Å². The Balaban J connectivity index is 1.17. The van der Waals surface area contributed by atoms with Gasteiger partial charge in [-0.1, -0.05) is 30.3 Å². The van der Waals surface area contributed by atoms with Crippen molar-refractivity contribution in [2.45, 2.75) is 19.1 Å². The molecule has 2 aromatic carbocycles. The first-order valence-corrected chi connectivity index (χ1v) is 12.5. The van der Waals surface area contributed by atoms with Gasteiger partial charge < -0.3 is 9.80 Å². The molecular formula is C26H25F3N4O2S. The molecule has 1 aromatic heterocycles. The molecule has 6 nitrogen and oxygen atoms in total. The fourth-order valence-electron chi connectivity index (χ4n) is 4.60. The van der Waals surface area contributed by atoms with Crippen molar-refractivity contribution in [1.29, 1.82) is 0 Å². The summed E-state index contributed by atoms with van der Waals surface area (Å²) < 4.78 is 39.3. The molecular weight excluding hydrogens is 489 g/mol.